The summed E-state index contributed by atoms with van der Waals surface area (Å²) in [6, 6.07) is 9.05. The van der Waals surface area contributed by atoms with E-state index in [4.69, 9.17) is 10.00 Å². The van der Waals surface area contributed by atoms with Gasteiger partial charge in [0, 0.05) is 17.1 Å². The molecular formula is C12H8N2O2. The molecule has 0 aliphatic heterocycles. The quantitative estimate of drug-likeness (QED) is 0.471. The van der Waals surface area contributed by atoms with Crippen LogP contribution in [0.3, 0.4) is 0 Å². The summed E-state index contributed by atoms with van der Waals surface area (Å²) in [5.74, 6) is -0.329. The lowest BCUT2D eigenvalue weighted by Crippen LogP contribution is -2.08. The summed E-state index contributed by atoms with van der Waals surface area (Å²) in [6.07, 6.45) is 1.58. The molecule has 0 amide bonds. The molecule has 0 aliphatic carbocycles. The van der Waals surface area contributed by atoms with E-state index in [0.717, 1.165) is 10.9 Å². The van der Waals surface area contributed by atoms with Crippen LogP contribution in [0.25, 0.3) is 10.9 Å². The lowest BCUT2D eigenvalue weighted by molar-refractivity contribution is -0.129. The van der Waals surface area contributed by atoms with E-state index in [1.807, 2.05) is 24.3 Å². The van der Waals surface area contributed by atoms with Gasteiger partial charge in [-0.15, -0.1) is 0 Å². The molecule has 78 valence electrons. The number of aromatic amines is 1. The van der Waals surface area contributed by atoms with Crippen LogP contribution in [0.15, 0.2) is 42.6 Å². The number of benzene rings is 1. The van der Waals surface area contributed by atoms with Crippen LogP contribution in [-0.4, -0.2) is 11.0 Å². The average molecular weight is 212 g/mol. The van der Waals surface area contributed by atoms with Crippen molar-refractivity contribution in [1.82, 2.24) is 4.98 Å². The Morgan fingerprint density at radius 1 is 1.44 bits per heavy atom. The minimum absolute atomic E-state index is 0.217. The summed E-state index contributed by atoms with van der Waals surface area (Å²) in [7, 11) is 0. The van der Waals surface area contributed by atoms with Gasteiger partial charge in [0.15, 0.2) is 5.75 Å². The third-order valence-electron chi connectivity index (χ3n) is 2.14. The standard InChI is InChI=1S/C12H8N2O2/c1-8(6-13)12(15)16-11-7-14-10-5-3-2-4-9(10)11/h2-5,7,14H,1H2. The van der Waals surface area contributed by atoms with Crippen molar-refractivity contribution in [2.45, 2.75) is 0 Å². The monoisotopic (exact) mass is 212 g/mol. The van der Waals surface area contributed by atoms with Gasteiger partial charge in [-0.05, 0) is 12.1 Å². The molecule has 16 heavy (non-hydrogen) atoms. The van der Waals surface area contributed by atoms with E-state index in [9.17, 15) is 4.79 Å². The summed E-state index contributed by atoms with van der Waals surface area (Å²) in [4.78, 5) is 14.3. The minimum Gasteiger partial charge on any atom is -0.420 e. The highest BCUT2D eigenvalue weighted by atomic mass is 16.5. The second-order valence-electron chi connectivity index (χ2n) is 3.18. The first kappa shape index (κ1) is 9.99. The maximum atomic E-state index is 11.3. The number of nitrogens with zero attached hydrogens (tertiary/aromatic N) is 1. The van der Waals surface area contributed by atoms with Gasteiger partial charge in [-0.3, -0.25) is 0 Å². The average Bonchev–Trinajstić information content (AvgIpc) is 2.72. The predicted molar refractivity (Wildman–Crippen MR) is 58.7 cm³/mol. The SMILES string of the molecule is C=C(C#N)C(=O)Oc1c[nH]c2ccccc12. The van der Waals surface area contributed by atoms with Crippen LogP contribution in [0.4, 0.5) is 0 Å². The van der Waals surface area contributed by atoms with Gasteiger partial charge in [0.25, 0.3) is 0 Å². The van der Waals surface area contributed by atoms with Gasteiger partial charge in [-0.25, -0.2) is 4.79 Å². The van der Waals surface area contributed by atoms with Crippen LogP contribution < -0.4 is 4.74 Å². The van der Waals surface area contributed by atoms with E-state index in [0.29, 0.717) is 5.75 Å². The number of hydrogen-bond donors (Lipinski definition) is 1. The van der Waals surface area contributed by atoms with E-state index in [2.05, 4.69) is 11.6 Å². The van der Waals surface area contributed by atoms with Crippen LogP contribution in [0, 0.1) is 11.3 Å². The normalized spacial score (nSPS) is 9.69. The molecule has 0 saturated carbocycles. The lowest BCUT2D eigenvalue weighted by Gasteiger charge is -1.99. The van der Waals surface area contributed by atoms with E-state index < -0.39 is 5.97 Å². The molecule has 4 heteroatoms. The molecule has 0 atom stereocenters. The number of ether oxygens (including phenoxy) is 1. The second kappa shape index (κ2) is 3.91. The summed E-state index contributed by atoms with van der Waals surface area (Å²) in [5, 5.41) is 9.28. The van der Waals surface area contributed by atoms with Crippen molar-refractivity contribution in [1.29, 1.82) is 5.26 Å². The number of nitrogens with one attached hydrogen (secondary N) is 1. The highest BCUT2D eigenvalue weighted by molar-refractivity contribution is 5.96. The Bertz CT molecular complexity index is 605. The molecule has 4 nitrogen and oxygen atoms in total. The Morgan fingerprint density at radius 2 is 2.19 bits per heavy atom. The van der Waals surface area contributed by atoms with Gasteiger partial charge in [-0.2, -0.15) is 5.26 Å². The third-order valence-corrected chi connectivity index (χ3v) is 2.14. The number of carbonyl (C=O) groups excluding carboxylic acids is 1. The fourth-order valence-electron chi connectivity index (χ4n) is 1.34. The molecule has 0 fully saturated rings. The molecule has 1 heterocycles. The third kappa shape index (κ3) is 1.66. The largest absolute Gasteiger partial charge is 0.420 e. The first-order valence-electron chi connectivity index (χ1n) is 4.59. The number of H-pyrrole nitrogens is 1. The fourth-order valence-corrected chi connectivity index (χ4v) is 1.34. The van der Waals surface area contributed by atoms with Crippen molar-refractivity contribution >= 4 is 16.9 Å². The Balaban J connectivity index is 2.32. The molecule has 0 radical (unpaired) electrons. The molecule has 2 rings (SSSR count). The van der Waals surface area contributed by atoms with Gasteiger partial charge in [-0.1, -0.05) is 18.7 Å². The van der Waals surface area contributed by atoms with E-state index in [1.165, 1.54) is 0 Å². The molecule has 0 spiro atoms. The zero-order chi connectivity index (χ0) is 11.5. The van der Waals surface area contributed by atoms with E-state index in [-0.39, 0.29) is 5.57 Å². The molecule has 0 saturated heterocycles. The number of carbonyl (C=O) groups is 1. The lowest BCUT2D eigenvalue weighted by atomic mass is 10.2. The number of rotatable bonds is 2. The molecule has 0 unspecified atom stereocenters. The van der Waals surface area contributed by atoms with Gasteiger partial charge in [0.05, 0.1) is 0 Å². The van der Waals surface area contributed by atoms with E-state index >= 15 is 0 Å². The Labute approximate surface area is 91.8 Å². The number of fused-ring (bicyclic) bond motifs is 1. The van der Waals surface area contributed by atoms with Gasteiger partial charge >= 0.3 is 5.97 Å². The number of hydrogen-bond acceptors (Lipinski definition) is 3. The molecule has 1 aromatic carbocycles. The minimum atomic E-state index is -0.729. The van der Waals surface area contributed by atoms with E-state index in [1.54, 1.807) is 12.3 Å². The van der Waals surface area contributed by atoms with Crippen molar-refractivity contribution in [2.75, 3.05) is 0 Å². The molecule has 0 bridgehead atoms. The molecular weight excluding hydrogens is 204 g/mol. The molecule has 0 aliphatic rings. The molecule has 1 N–H and O–H groups in total. The number of nitriles is 1. The maximum absolute atomic E-state index is 11.3. The van der Waals surface area contributed by atoms with Crippen LogP contribution in [-0.2, 0) is 4.79 Å². The highest BCUT2D eigenvalue weighted by Gasteiger charge is 2.12. The first-order valence-corrected chi connectivity index (χ1v) is 4.59. The van der Waals surface area contributed by atoms with Crippen molar-refractivity contribution in [3.63, 3.8) is 0 Å². The molecule has 1 aromatic heterocycles. The smallest absolute Gasteiger partial charge is 0.353 e. The van der Waals surface area contributed by atoms with Gasteiger partial charge in [0.2, 0.25) is 0 Å². The predicted octanol–water partition coefficient (Wildman–Crippen LogP) is 2.15. The summed E-state index contributed by atoms with van der Waals surface area (Å²) in [5.41, 5.74) is 0.651. The van der Waals surface area contributed by atoms with Crippen LogP contribution in [0.2, 0.25) is 0 Å². The van der Waals surface area contributed by atoms with Crippen LogP contribution in [0.1, 0.15) is 0 Å². The Kier molecular flexibility index (Phi) is 2.44. The topological polar surface area (TPSA) is 65.9 Å². The summed E-state index contributed by atoms with van der Waals surface area (Å²) < 4.78 is 5.03. The summed E-state index contributed by atoms with van der Waals surface area (Å²) >= 11 is 0. The number of para-hydroxylation sites is 1. The maximum Gasteiger partial charge on any atom is 0.353 e. The highest BCUT2D eigenvalue weighted by Crippen LogP contribution is 2.25. The number of esters is 1. The second-order valence-corrected chi connectivity index (χ2v) is 3.18. The molecule has 2 aromatic rings. The first-order chi connectivity index (χ1) is 7.72. The van der Waals surface area contributed by atoms with Crippen molar-refractivity contribution < 1.29 is 9.53 Å². The Morgan fingerprint density at radius 3 is 2.94 bits per heavy atom. The zero-order valence-electron chi connectivity index (χ0n) is 8.36. The summed E-state index contributed by atoms with van der Waals surface area (Å²) in [6.45, 7) is 3.29. The number of aromatic nitrogens is 1. The van der Waals surface area contributed by atoms with Crippen LogP contribution in [0.5, 0.6) is 5.75 Å². The van der Waals surface area contributed by atoms with Crippen molar-refractivity contribution in [3.8, 4) is 11.8 Å². The zero-order valence-corrected chi connectivity index (χ0v) is 8.36. The van der Waals surface area contributed by atoms with Gasteiger partial charge < -0.3 is 9.72 Å². The fraction of sp³-hybridized carbons (Fsp3) is 0. The Hall–Kier alpha value is -2.54. The van der Waals surface area contributed by atoms with Crippen molar-refractivity contribution in [3.05, 3.63) is 42.6 Å². The van der Waals surface area contributed by atoms with Gasteiger partial charge in [0.1, 0.15) is 11.6 Å². The van der Waals surface area contributed by atoms with Crippen LogP contribution >= 0.6 is 0 Å². The van der Waals surface area contributed by atoms with Crippen molar-refractivity contribution in [2.24, 2.45) is 0 Å².